The third-order valence-electron chi connectivity index (χ3n) is 6.28. The minimum atomic E-state index is -0.220. The minimum Gasteiger partial charge on any atom is -0.366 e. The van der Waals surface area contributed by atoms with Crippen LogP contribution >= 0.6 is 27.7 Å². The Morgan fingerprint density at radius 2 is 1.88 bits per heavy atom. The molecule has 2 amide bonds. The number of nitrogens with zero attached hydrogens (tertiary/aromatic N) is 2. The summed E-state index contributed by atoms with van der Waals surface area (Å²) in [5, 5.41) is -0.216. The molecule has 168 valence electrons. The lowest BCUT2D eigenvalue weighted by atomic mass is 9.79. The van der Waals surface area contributed by atoms with Gasteiger partial charge in [-0.3, -0.25) is 14.5 Å². The van der Waals surface area contributed by atoms with Crippen LogP contribution in [0.4, 0.5) is 10.5 Å². The molecule has 2 aromatic carbocycles. The monoisotopic (exact) mass is 512 g/mol. The minimum absolute atomic E-state index is 0.125. The number of halogens is 1. The lowest BCUT2D eigenvalue weighted by Crippen LogP contribution is -2.48. The van der Waals surface area contributed by atoms with Crippen molar-refractivity contribution in [1.29, 1.82) is 0 Å². The number of carbonyl (C=O) groups excluding carboxylic acids is 2. The van der Waals surface area contributed by atoms with Crippen LogP contribution in [0.5, 0.6) is 0 Å². The van der Waals surface area contributed by atoms with Crippen molar-refractivity contribution in [2.45, 2.75) is 58.5 Å². The summed E-state index contributed by atoms with van der Waals surface area (Å²) in [6.45, 7) is 10.4. The molecule has 2 aliphatic rings. The van der Waals surface area contributed by atoms with Crippen molar-refractivity contribution in [1.82, 2.24) is 4.90 Å². The Hall–Kier alpha value is -2.05. The van der Waals surface area contributed by atoms with Crippen molar-refractivity contribution in [2.24, 2.45) is 0 Å². The average Bonchev–Trinajstić information content (AvgIpc) is 3.00. The highest BCUT2D eigenvalue weighted by atomic mass is 79.9. The van der Waals surface area contributed by atoms with Crippen molar-refractivity contribution in [3.8, 4) is 0 Å². The maximum atomic E-state index is 13.0. The van der Waals surface area contributed by atoms with Gasteiger partial charge in [0.25, 0.3) is 11.1 Å². The third-order valence-corrected chi connectivity index (χ3v) is 7.72. The van der Waals surface area contributed by atoms with Gasteiger partial charge >= 0.3 is 0 Å². The van der Waals surface area contributed by atoms with Crippen LogP contribution in [-0.2, 0) is 11.3 Å². The van der Waals surface area contributed by atoms with Crippen molar-refractivity contribution in [3.05, 3.63) is 68.5 Å². The fourth-order valence-corrected chi connectivity index (χ4v) is 5.91. The molecule has 0 radical (unpaired) electrons. The highest BCUT2D eigenvalue weighted by Gasteiger charge is 2.37. The van der Waals surface area contributed by atoms with E-state index >= 15 is 0 Å². The van der Waals surface area contributed by atoms with Gasteiger partial charge in [-0.15, -0.1) is 0 Å². The number of hydrogen-bond donors (Lipinski definition) is 0. The lowest BCUT2D eigenvalue weighted by Gasteiger charge is -2.47. The Balaban J connectivity index is 1.59. The van der Waals surface area contributed by atoms with E-state index < -0.39 is 0 Å². The largest absolute Gasteiger partial charge is 0.366 e. The number of anilines is 1. The first-order chi connectivity index (χ1) is 15.2. The molecule has 1 saturated heterocycles. The molecule has 2 aromatic rings. The van der Waals surface area contributed by atoms with Crippen LogP contribution in [0.15, 0.2) is 51.8 Å². The van der Waals surface area contributed by atoms with Crippen LogP contribution < -0.4 is 4.90 Å². The standard InChI is InChI=1S/C26H29BrN2O2S/c1-5-12-29-22-11-8-19(13-21(22)17(2)15-26(29,3)4)14-23-24(30)28(25(31)32-23)16-18-6-9-20(27)10-7-18/h6-11,13-14,17H,5,12,15-16H2,1-4H3/b23-14+. The molecule has 0 saturated carbocycles. The summed E-state index contributed by atoms with van der Waals surface area (Å²) in [6.07, 6.45) is 4.06. The fraction of sp³-hybridized carbons (Fsp3) is 0.385. The van der Waals surface area contributed by atoms with Crippen LogP contribution in [0, 0.1) is 0 Å². The molecule has 2 heterocycles. The average molecular weight is 514 g/mol. The maximum absolute atomic E-state index is 13.0. The molecule has 6 heteroatoms. The van der Waals surface area contributed by atoms with Gasteiger partial charge in [0.1, 0.15) is 0 Å². The second-order valence-corrected chi connectivity index (χ2v) is 11.2. The summed E-state index contributed by atoms with van der Waals surface area (Å²) in [4.78, 5) is 29.8. The zero-order chi connectivity index (χ0) is 23.0. The number of benzene rings is 2. The molecule has 0 bridgehead atoms. The van der Waals surface area contributed by atoms with Crippen LogP contribution in [-0.4, -0.2) is 28.1 Å². The normalized spacial score (nSPS) is 21.4. The summed E-state index contributed by atoms with van der Waals surface area (Å²) < 4.78 is 0.970. The summed E-state index contributed by atoms with van der Waals surface area (Å²) in [7, 11) is 0. The molecular weight excluding hydrogens is 484 g/mol. The Labute approximate surface area is 203 Å². The molecule has 2 aliphatic heterocycles. The zero-order valence-electron chi connectivity index (χ0n) is 19.0. The van der Waals surface area contributed by atoms with Gasteiger partial charge in [0.05, 0.1) is 11.4 Å². The van der Waals surface area contributed by atoms with E-state index in [1.807, 2.05) is 30.3 Å². The van der Waals surface area contributed by atoms with E-state index in [1.165, 1.54) is 16.2 Å². The van der Waals surface area contributed by atoms with Crippen molar-refractivity contribution in [2.75, 3.05) is 11.4 Å². The molecular formula is C26H29BrN2O2S. The van der Waals surface area contributed by atoms with Crippen LogP contribution in [0.2, 0.25) is 0 Å². The van der Waals surface area contributed by atoms with Gasteiger partial charge < -0.3 is 4.90 Å². The smallest absolute Gasteiger partial charge is 0.293 e. The van der Waals surface area contributed by atoms with Crippen LogP contribution in [0.3, 0.4) is 0 Å². The van der Waals surface area contributed by atoms with E-state index in [-0.39, 0.29) is 23.2 Å². The molecule has 0 aliphatic carbocycles. The first-order valence-corrected chi connectivity index (χ1v) is 12.7. The van der Waals surface area contributed by atoms with Gasteiger partial charge in [0.2, 0.25) is 0 Å². The summed E-state index contributed by atoms with van der Waals surface area (Å²) in [5.74, 6) is 0.219. The Kier molecular flexibility index (Phi) is 6.55. The van der Waals surface area contributed by atoms with Gasteiger partial charge in [-0.05, 0) is 91.4 Å². The lowest BCUT2D eigenvalue weighted by molar-refractivity contribution is -0.123. The molecule has 4 nitrogen and oxygen atoms in total. The number of hydrogen-bond acceptors (Lipinski definition) is 4. The molecule has 4 rings (SSSR count). The van der Waals surface area contributed by atoms with Crippen LogP contribution in [0.1, 0.15) is 63.1 Å². The number of carbonyl (C=O) groups is 2. The Morgan fingerprint density at radius 3 is 2.56 bits per heavy atom. The second-order valence-electron chi connectivity index (χ2n) is 9.28. The third kappa shape index (κ3) is 4.53. The van der Waals surface area contributed by atoms with Crippen molar-refractivity contribution < 1.29 is 9.59 Å². The molecule has 0 N–H and O–H groups in total. The molecule has 1 unspecified atom stereocenters. The Bertz CT molecular complexity index is 1080. The topological polar surface area (TPSA) is 40.6 Å². The van der Waals surface area contributed by atoms with E-state index in [2.05, 4.69) is 66.7 Å². The molecule has 1 atom stereocenters. The molecule has 0 aromatic heterocycles. The van der Waals surface area contributed by atoms with E-state index in [0.29, 0.717) is 10.8 Å². The predicted octanol–water partition coefficient (Wildman–Crippen LogP) is 7.19. The molecule has 32 heavy (non-hydrogen) atoms. The Morgan fingerprint density at radius 1 is 1.16 bits per heavy atom. The fourth-order valence-electron chi connectivity index (χ4n) is 4.81. The van der Waals surface area contributed by atoms with Gasteiger partial charge in [0, 0.05) is 22.2 Å². The highest BCUT2D eigenvalue weighted by Crippen LogP contribution is 2.44. The van der Waals surface area contributed by atoms with Gasteiger partial charge in [-0.25, -0.2) is 0 Å². The first-order valence-electron chi connectivity index (χ1n) is 11.1. The number of thioether (sulfide) groups is 1. The van der Waals surface area contributed by atoms with E-state index in [9.17, 15) is 9.59 Å². The summed E-state index contributed by atoms with van der Waals surface area (Å²) >= 11 is 4.44. The van der Waals surface area contributed by atoms with Gasteiger partial charge in [-0.2, -0.15) is 0 Å². The van der Waals surface area contributed by atoms with Crippen LogP contribution in [0.25, 0.3) is 6.08 Å². The summed E-state index contributed by atoms with van der Waals surface area (Å²) in [6, 6.07) is 14.1. The molecule has 1 fully saturated rings. The quantitative estimate of drug-likeness (QED) is 0.397. The van der Waals surface area contributed by atoms with Crippen molar-refractivity contribution in [3.63, 3.8) is 0 Å². The number of rotatable bonds is 5. The van der Waals surface area contributed by atoms with E-state index in [4.69, 9.17) is 0 Å². The zero-order valence-corrected chi connectivity index (χ0v) is 21.4. The summed E-state index contributed by atoms with van der Waals surface area (Å²) in [5.41, 5.74) is 4.63. The number of fused-ring (bicyclic) bond motifs is 1. The SMILES string of the molecule is CCCN1c2ccc(/C=C3/SC(=O)N(Cc4ccc(Br)cc4)C3=O)cc2C(C)CC1(C)C. The number of imide groups is 1. The van der Waals surface area contributed by atoms with Gasteiger partial charge in [0.15, 0.2) is 0 Å². The maximum Gasteiger partial charge on any atom is 0.293 e. The highest BCUT2D eigenvalue weighted by molar-refractivity contribution is 9.10. The second kappa shape index (κ2) is 9.06. The first kappa shape index (κ1) is 23.1. The van der Waals surface area contributed by atoms with E-state index in [0.717, 1.165) is 46.7 Å². The number of amides is 2. The van der Waals surface area contributed by atoms with Gasteiger partial charge in [-0.1, -0.05) is 48.0 Å². The predicted molar refractivity (Wildman–Crippen MR) is 137 cm³/mol. The molecule has 0 spiro atoms. The van der Waals surface area contributed by atoms with E-state index in [1.54, 1.807) is 0 Å². The van der Waals surface area contributed by atoms with Crippen molar-refractivity contribution >= 4 is 50.6 Å².